The van der Waals surface area contributed by atoms with E-state index in [1.54, 1.807) is 12.1 Å². The molecule has 0 unspecified atom stereocenters. The molecule has 1 saturated carbocycles. The van der Waals surface area contributed by atoms with Crippen molar-refractivity contribution >= 4 is 9.84 Å². The van der Waals surface area contributed by atoms with E-state index in [0.717, 1.165) is 25.6 Å². The minimum absolute atomic E-state index is 0.0781. The molecule has 1 aliphatic carbocycles. The number of halogens is 1. The minimum atomic E-state index is -2.96. The first-order valence-corrected chi connectivity index (χ1v) is 10.9. The molecule has 2 aliphatic heterocycles. The van der Waals surface area contributed by atoms with E-state index < -0.39 is 9.84 Å². The van der Waals surface area contributed by atoms with Crippen LogP contribution in [0.4, 0.5) is 4.39 Å². The fourth-order valence-corrected chi connectivity index (χ4v) is 6.09. The number of hydrogen-bond donors (Lipinski definition) is 0. The Morgan fingerprint density at radius 1 is 1.04 bits per heavy atom. The number of rotatable bonds is 6. The lowest BCUT2D eigenvalue weighted by molar-refractivity contribution is 0.0349. The molecule has 2 atom stereocenters. The highest BCUT2D eigenvalue weighted by Crippen LogP contribution is 2.34. The SMILES string of the molecule is O=S1(=O)C[C@@H]2[C@H](C1)N(CCOc1ccc(F)cc1)CCN2CC1CC1. The van der Waals surface area contributed by atoms with Crippen LogP contribution in [0.25, 0.3) is 0 Å². The van der Waals surface area contributed by atoms with Gasteiger partial charge in [-0.3, -0.25) is 9.80 Å². The number of fused-ring (bicyclic) bond motifs is 1. The van der Waals surface area contributed by atoms with E-state index in [-0.39, 0.29) is 23.7 Å². The van der Waals surface area contributed by atoms with E-state index in [1.807, 2.05) is 0 Å². The zero-order valence-corrected chi connectivity index (χ0v) is 15.1. The van der Waals surface area contributed by atoms with Gasteiger partial charge in [-0.1, -0.05) is 0 Å². The summed E-state index contributed by atoms with van der Waals surface area (Å²) in [5.74, 6) is 1.69. The average molecular weight is 368 g/mol. The molecule has 0 radical (unpaired) electrons. The fraction of sp³-hybridized carbons (Fsp3) is 0.667. The number of benzene rings is 1. The largest absolute Gasteiger partial charge is 0.492 e. The molecule has 25 heavy (non-hydrogen) atoms. The first-order chi connectivity index (χ1) is 12.0. The molecule has 2 heterocycles. The number of sulfone groups is 1. The van der Waals surface area contributed by atoms with Crippen molar-refractivity contribution in [2.45, 2.75) is 24.9 Å². The maximum atomic E-state index is 12.9. The van der Waals surface area contributed by atoms with Crippen molar-refractivity contribution in [2.75, 3.05) is 44.3 Å². The third-order valence-corrected chi connectivity index (χ3v) is 7.26. The zero-order valence-electron chi connectivity index (χ0n) is 14.3. The van der Waals surface area contributed by atoms with Crippen molar-refractivity contribution in [3.63, 3.8) is 0 Å². The molecule has 0 aromatic heterocycles. The lowest BCUT2D eigenvalue weighted by atomic mass is 10.0. The quantitative estimate of drug-likeness (QED) is 0.760. The molecule has 0 bridgehead atoms. The Morgan fingerprint density at radius 2 is 1.68 bits per heavy atom. The van der Waals surface area contributed by atoms with E-state index >= 15 is 0 Å². The first kappa shape index (κ1) is 17.2. The van der Waals surface area contributed by atoms with Gasteiger partial charge < -0.3 is 4.74 Å². The zero-order chi connectivity index (χ0) is 17.4. The van der Waals surface area contributed by atoms with Crippen LogP contribution in [0.15, 0.2) is 24.3 Å². The van der Waals surface area contributed by atoms with Gasteiger partial charge in [0.05, 0.1) is 11.5 Å². The van der Waals surface area contributed by atoms with Crippen molar-refractivity contribution in [1.29, 1.82) is 0 Å². The third kappa shape index (κ3) is 4.15. The van der Waals surface area contributed by atoms with Gasteiger partial charge in [0.15, 0.2) is 9.84 Å². The molecule has 7 heteroatoms. The first-order valence-electron chi connectivity index (χ1n) is 9.07. The molecule has 1 aromatic rings. The van der Waals surface area contributed by atoms with Crippen molar-refractivity contribution in [1.82, 2.24) is 9.80 Å². The minimum Gasteiger partial charge on any atom is -0.492 e. The van der Waals surface area contributed by atoms with Gasteiger partial charge in [0.25, 0.3) is 0 Å². The Morgan fingerprint density at radius 3 is 2.36 bits per heavy atom. The summed E-state index contributed by atoms with van der Waals surface area (Å²) in [6.45, 7) is 4.05. The number of piperazine rings is 1. The molecule has 3 aliphatic rings. The molecule has 2 saturated heterocycles. The van der Waals surface area contributed by atoms with Gasteiger partial charge in [-0.25, -0.2) is 12.8 Å². The molecule has 138 valence electrons. The Labute approximate surface area is 148 Å². The van der Waals surface area contributed by atoms with Crippen molar-refractivity contribution in [3.05, 3.63) is 30.1 Å². The van der Waals surface area contributed by atoms with Gasteiger partial charge in [0, 0.05) is 38.3 Å². The van der Waals surface area contributed by atoms with Crippen molar-refractivity contribution < 1.29 is 17.5 Å². The summed E-state index contributed by atoms with van der Waals surface area (Å²) >= 11 is 0. The predicted octanol–water partition coefficient (Wildman–Crippen LogP) is 1.40. The average Bonchev–Trinajstić information content (AvgIpc) is 3.32. The lowest BCUT2D eigenvalue weighted by Crippen LogP contribution is -2.60. The van der Waals surface area contributed by atoms with Crippen LogP contribution in [0.1, 0.15) is 12.8 Å². The summed E-state index contributed by atoms with van der Waals surface area (Å²) in [5.41, 5.74) is 0. The summed E-state index contributed by atoms with van der Waals surface area (Å²) in [5, 5.41) is 0. The molecule has 0 N–H and O–H groups in total. The molecule has 0 amide bonds. The van der Waals surface area contributed by atoms with Gasteiger partial charge >= 0.3 is 0 Å². The smallest absolute Gasteiger partial charge is 0.153 e. The molecule has 3 fully saturated rings. The van der Waals surface area contributed by atoms with Gasteiger partial charge in [-0.2, -0.15) is 0 Å². The van der Waals surface area contributed by atoms with Crippen LogP contribution in [-0.2, 0) is 9.84 Å². The summed E-state index contributed by atoms with van der Waals surface area (Å²) < 4.78 is 43.0. The van der Waals surface area contributed by atoms with Gasteiger partial charge in [-0.05, 0) is 43.0 Å². The second-order valence-corrected chi connectivity index (χ2v) is 9.64. The van der Waals surface area contributed by atoms with E-state index in [1.165, 1.54) is 25.0 Å². The number of hydrogen-bond acceptors (Lipinski definition) is 5. The topological polar surface area (TPSA) is 49.9 Å². The third-order valence-electron chi connectivity index (χ3n) is 5.56. The maximum absolute atomic E-state index is 12.9. The van der Waals surface area contributed by atoms with Gasteiger partial charge in [-0.15, -0.1) is 0 Å². The second-order valence-electron chi connectivity index (χ2n) is 7.49. The van der Waals surface area contributed by atoms with Crippen LogP contribution < -0.4 is 4.74 Å². The molecule has 4 rings (SSSR count). The van der Waals surface area contributed by atoms with Crippen molar-refractivity contribution in [2.24, 2.45) is 5.92 Å². The van der Waals surface area contributed by atoms with E-state index in [2.05, 4.69) is 9.80 Å². The summed E-state index contributed by atoms with van der Waals surface area (Å²) in [6, 6.07) is 6.20. The highest BCUT2D eigenvalue weighted by Gasteiger charge is 2.47. The normalized spacial score (nSPS) is 29.5. The van der Waals surface area contributed by atoms with Crippen LogP contribution in [0.5, 0.6) is 5.75 Å². The maximum Gasteiger partial charge on any atom is 0.153 e. The van der Waals surface area contributed by atoms with Crippen molar-refractivity contribution in [3.8, 4) is 5.75 Å². The van der Waals surface area contributed by atoms with E-state index in [0.29, 0.717) is 24.7 Å². The highest BCUT2D eigenvalue weighted by molar-refractivity contribution is 7.91. The number of ether oxygens (including phenoxy) is 1. The molecule has 0 spiro atoms. The molecule has 5 nitrogen and oxygen atoms in total. The lowest BCUT2D eigenvalue weighted by Gasteiger charge is -2.44. The van der Waals surface area contributed by atoms with Crippen LogP contribution >= 0.6 is 0 Å². The van der Waals surface area contributed by atoms with Crippen LogP contribution in [0.2, 0.25) is 0 Å². The molecular formula is C18H25FN2O3S. The second kappa shape index (κ2) is 6.85. The molecule has 1 aromatic carbocycles. The van der Waals surface area contributed by atoms with E-state index in [9.17, 15) is 12.8 Å². The van der Waals surface area contributed by atoms with Crippen LogP contribution in [-0.4, -0.2) is 74.6 Å². The summed E-state index contributed by atoms with van der Waals surface area (Å²) in [7, 11) is -2.96. The van der Waals surface area contributed by atoms with Gasteiger partial charge in [0.1, 0.15) is 18.2 Å². The standard InChI is InChI=1S/C18H25FN2O3S/c19-15-3-5-16(6-4-15)24-10-9-20-7-8-21(11-14-1-2-14)18-13-25(22,23)12-17(18)20/h3-6,14,17-18H,1-2,7-13H2/t17-,18+/m0/s1. The van der Waals surface area contributed by atoms with Gasteiger partial charge in [0.2, 0.25) is 0 Å². The Balaban J connectivity index is 1.36. The van der Waals surface area contributed by atoms with Crippen LogP contribution in [0, 0.1) is 11.7 Å². The Hall–Kier alpha value is -1.18. The van der Waals surface area contributed by atoms with Crippen LogP contribution in [0.3, 0.4) is 0 Å². The monoisotopic (exact) mass is 368 g/mol. The Bertz CT molecular complexity index is 706. The van der Waals surface area contributed by atoms with E-state index in [4.69, 9.17) is 4.74 Å². The summed E-state index contributed by atoms with van der Waals surface area (Å²) in [4.78, 5) is 4.67. The fourth-order valence-electron chi connectivity index (χ4n) is 4.04. The predicted molar refractivity (Wildman–Crippen MR) is 94.0 cm³/mol. The number of nitrogens with zero attached hydrogens (tertiary/aromatic N) is 2. The highest BCUT2D eigenvalue weighted by atomic mass is 32.2. The summed E-state index contributed by atoms with van der Waals surface area (Å²) in [6.07, 6.45) is 2.58. The Kier molecular flexibility index (Phi) is 4.73. The molecular weight excluding hydrogens is 343 g/mol.